The summed E-state index contributed by atoms with van der Waals surface area (Å²) < 4.78 is 5.70. The molecule has 0 amide bonds. The van der Waals surface area contributed by atoms with Crippen molar-refractivity contribution in [2.24, 2.45) is 5.73 Å². The van der Waals surface area contributed by atoms with Gasteiger partial charge in [0.1, 0.15) is 0 Å². The van der Waals surface area contributed by atoms with Crippen molar-refractivity contribution >= 4 is 0 Å². The second kappa shape index (κ2) is 19.7. The molecule has 1 atom stereocenters. The molecule has 0 spiro atoms. The minimum absolute atomic E-state index is 0.198. The van der Waals surface area contributed by atoms with Gasteiger partial charge < -0.3 is 10.5 Å². The van der Waals surface area contributed by atoms with E-state index >= 15 is 0 Å². The number of unbranched alkanes of at least 4 members (excludes halogenated alkanes) is 10. The number of ether oxygens (including phenoxy) is 1. The molecule has 0 heterocycles. The first kappa shape index (κ1) is 22.7. The molecule has 0 aliphatic carbocycles. The Morgan fingerprint density at radius 1 is 0.739 bits per heavy atom. The summed E-state index contributed by atoms with van der Waals surface area (Å²) in [5, 5.41) is 0. The molecule has 0 unspecified atom stereocenters. The zero-order valence-electron chi connectivity index (χ0n) is 16.0. The van der Waals surface area contributed by atoms with E-state index in [1.165, 1.54) is 77.0 Å². The first-order valence-corrected chi connectivity index (χ1v) is 10.3. The summed E-state index contributed by atoms with van der Waals surface area (Å²) in [7, 11) is 0. The lowest BCUT2D eigenvalue weighted by Crippen LogP contribution is -2.26. The van der Waals surface area contributed by atoms with E-state index in [2.05, 4.69) is 26.0 Å². The first-order valence-electron chi connectivity index (χ1n) is 10.3. The molecule has 23 heavy (non-hydrogen) atoms. The van der Waals surface area contributed by atoms with Gasteiger partial charge in [-0.3, -0.25) is 0 Å². The van der Waals surface area contributed by atoms with Crippen molar-refractivity contribution in [1.29, 1.82) is 0 Å². The molecule has 0 aliphatic rings. The SMILES string of the molecule is CCCCC/C=C/CC[C@@H](N)COCCCCCCCCCC. The van der Waals surface area contributed by atoms with Crippen molar-refractivity contribution in [2.45, 2.75) is 110 Å². The molecule has 0 saturated carbocycles. The molecule has 2 heteroatoms. The summed E-state index contributed by atoms with van der Waals surface area (Å²) in [5.41, 5.74) is 6.09. The molecule has 0 rings (SSSR count). The minimum atomic E-state index is 0.198. The van der Waals surface area contributed by atoms with Crippen LogP contribution in [0.3, 0.4) is 0 Å². The largest absolute Gasteiger partial charge is 0.380 e. The highest BCUT2D eigenvalue weighted by molar-refractivity contribution is 4.82. The second-order valence-corrected chi connectivity index (χ2v) is 6.85. The highest BCUT2D eigenvalue weighted by atomic mass is 16.5. The Kier molecular flexibility index (Phi) is 19.4. The molecule has 0 fully saturated rings. The summed E-state index contributed by atoms with van der Waals surface area (Å²) in [5.74, 6) is 0. The van der Waals surface area contributed by atoms with Crippen molar-refractivity contribution in [2.75, 3.05) is 13.2 Å². The molecule has 2 N–H and O–H groups in total. The summed E-state index contributed by atoms with van der Waals surface area (Å²) in [4.78, 5) is 0. The molecular weight excluding hydrogens is 282 g/mol. The maximum atomic E-state index is 6.09. The highest BCUT2D eigenvalue weighted by Gasteiger charge is 2.01. The molecule has 0 aromatic carbocycles. The van der Waals surface area contributed by atoms with E-state index in [1.807, 2.05) is 0 Å². The van der Waals surface area contributed by atoms with E-state index < -0.39 is 0 Å². The summed E-state index contributed by atoms with van der Waals surface area (Å²) in [6.07, 6.45) is 22.7. The Labute approximate surface area is 146 Å². The van der Waals surface area contributed by atoms with Gasteiger partial charge in [0.25, 0.3) is 0 Å². The van der Waals surface area contributed by atoms with Crippen molar-refractivity contribution in [3.8, 4) is 0 Å². The lowest BCUT2D eigenvalue weighted by molar-refractivity contribution is 0.115. The van der Waals surface area contributed by atoms with Gasteiger partial charge in [-0.15, -0.1) is 0 Å². The maximum absolute atomic E-state index is 6.09. The smallest absolute Gasteiger partial charge is 0.0617 e. The molecule has 0 bridgehead atoms. The van der Waals surface area contributed by atoms with Crippen LogP contribution >= 0.6 is 0 Å². The third kappa shape index (κ3) is 19.6. The van der Waals surface area contributed by atoms with Crippen LogP contribution in [0.1, 0.15) is 104 Å². The molecule has 0 saturated heterocycles. The van der Waals surface area contributed by atoms with Crippen LogP contribution in [-0.4, -0.2) is 19.3 Å². The van der Waals surface area contributed by atoms with Crippen LogP contribution in [0.2, 0.25) is 0 Å². The molecule has 138 valence electrons. The molecule has 2 nitrogen and oxygen atoms in total. The van der Waals surface area contributed by atoms with Gasteiger partial charge in [0, 0.05) is 12.6 Å². The molecule has 0 aromatic heterocycles. The molecular formula is C21H43NO. The molecule has 0 aliphatic heterocycles. The van der Waals surface area contributed by atoms with Crippen LogP contribution in [0, 0.1) is 0 Å². The Morgan fingerprint density at radius 3 is 2.00 bits per heavy atom. The van der Waals surface area contributed by atoms with Crippen molar-refractivity contribution < 1.29 is 4.74 Å². The Morgan fingerprint density at radius 2 is 1.30 bits per heavy atom. The van der Waals surface area contributed by atoms with Crippen LogP contribution in [0.4, 0.5) is 0 Å². The van der Waals surface area contributed by atoms with Crippen LogP contribution < -0.4 is 5.73 Å². The standard InChI is InChI=1S/C21H43NO/c1-3-5-7-9-11-13-15-17-19-23-20-21(22)18-16-14-12-10-8-6-4-2/h12,14,21H,3-11,13,15-20,22H2,1-2H3/b14-12+/t21-/m1/s1. The number of allylic oxidation sites excluding steroid dienone is 2. The molecule has 0 radical (unpaired) electrons. The summed E-state index contributed by atoms with van der Waals surface area (Å²) in [6.45, 7) is 6.12. The van der Waals surface area contributed by atoms with Crippen molar-refractivity contribution in [1.82, 2.24) is 0 Å². The zero-order valence-corrected chi connectivity index (χ0v) is 16.0. The Bertz CT molecular complexity index is 240. The predicted molar refractivity (Wildman–Crippen MR) is 104 cm³/mol. The van der Waals surface area contributed by atoms with E-state index in [1.54, 1.807) is 0 Å². The van der Waals surface area contributed by atoms with E-state index in [9.17, 15) is 0 Å². The number of hydrogen-bond acceptors (Lipinski definition) is 2. The van der Waals surface area contributed by atoms with Crippen LogP contribution in [-0.2, 0) is 4.74 Å². The lowest BCUT2D eigenvalue weighted by Gasteiger charge is -2.11. The van der Waals surface area contributed by atoms with Crippen molar-refractivity contribution in [3.05, 3.63) is 12.2 Å². The van der Waals surface area contributed by atoms with Gasteiger partial charge in [0.2, 0.25) is 0 Å². The van der Waals surface area contributed by atoms with Gasteiger partial charge >= 0.3 is 0 Å². The second-order valence-electron chi connectivity index (χ2n) is 6.85. The highest BCUT2D eigenvalue weighted by Crippen LogP contribution is 2.08. The third-order valence-corrected chi connectivity index (χ3v) is 4.32. The quantitative estimate of drug-likeness (QED) is 0.234. The Hall–Kier alpha value is -0.340. The van der Waals surface area contributed by atoms with Gasteiger partial charge in [-0.2, -0.15) is 0 Å². The van der Waals surface area contributed by atoms with Gasteiger partial charge in [-0.05, 0) is 32.1 Å². The van der Waals surface area contributed by atoms with E-state index in [4.69, 9.17) is 10.5 Å². The van der Waals surface area contributed by atoms with E-state index in [-0.39, 0.29) is 6.04 Å². The fraction of sp³-hybridized carbons (Fsp3) is 0.905. The molecule has 0 aromatic rings. The topological polar surface area (TPSA) is 35.2 Å². The first-order chi connectivity index (χ1) is 11.3. The normalized spacial score (nSPS) is 13.0. The van der Waals surface area contributed by atoms with Gasteiger partial charge in [-0.25, -0.2) is 0 Å². The predicted octanol–water partition coefficient (Wildman–Crippen LogP) is 6.39. The third-order valence-electron chi connectivity index (χ3n) is 4.32. The number of rotatable bonds is 18. The monoisotopic (exact) mass is 325 g/mol. The minimum Gasteiger partial charge on any atom is -0.380 e. The van der Waals surface area contributed by atoms with Gasteiger partial charge in [0.05, 0.1) is 6.61 Å². The van der Waals surface area contributed by atoms with E-state index in [0.29, 0.717) is 0 Å². The average molecular weight is 326 g/mol. The fourth-order valence-corrected chi connectivity index (χ4v) is 2.71. The lowest BCUT2D eigenvalue weighted by atomic mass is 10.1. The van der Waals surface area contributed by atoms with Crippen LogP contribution in [0.25, 0.3) is 0 Å². The van der Waals surface area contributed by atoms with Gasteiger partial charge in [0.15, 0.2) is 0 Å². The summed E-state index contributed by atoms with van der Waals surface area (Å²) in [6, 6.07) is 0.198. The van der Waals surface area contributed by atoms with E-state index in [0.717, 1.165) is 26.1 Å². The number of hydrogen-bond donors (Lipinski definition) is 1. The summed E-state index contributed by atoms with van der Waals surface area (Å²) >= 11 is 0. The van der Waals surface area contributed by atoms with Crippen LogP contribution in [0.5, 0.6) is 0 Å². The Balaban J connectivity index is 3.19. The fourth-order valence-electron chi connectivity index (χ4n) is 2.71. The number of nitrogens with two attached hydrogens (primary N) is 1. The zero-order chi connectivity index (χ0) is 17.0. The average Bonchev–Trinajstić information content (AvgIpc) is 2.55. The van der Waals surface area contributed by atoms with Crippen molar-refractivity contribution in [3.63, 3.8) is 0 Å². The van der Waals surface area contributed by atoms with Crippen LogP contribution in [0.15, 0.2) is 12.2 Å². The van der Waals surface area contributed by atoms with Gasteiger partial charge in [-0.1, -0.05) is 83.8 Å². The maximum Gasteiger partial charge on any atom is 0.0617 e.